The van der Waals surface area contributed by atoms with Gasteiger partial charge in [0.2, 0.25) is 5.91 Å². The molecule has 0 unspecified atom stereocenters. The van der Waals surface area contributed by atoms with Gasteiger partial charge in [-0.15, -0.1) is 24.0 Å². The molecule has 0 atom stereocenters. The summed E-state index contributed by atoms with van der Waals surface area (Å²) < 4.78 is 11.2. The Hall–Kier alpha value is -2.49. The summed E-state index contributed by atoms with van der Waals surface area (Å²) in [6.45, 7) is 9.09. The van der Waals surface area contributed by atoms with Gasteiger partial charge in [0.25, 0.3) is 0 Å². The molecule has 30 heavy (non-hydrogen) atoms. The fraction of sp³-hybridized carbons (Fsp3) is 0.364. The van der Waals surface area contributed by atoms with Crippen LogP contribution in [0, 0.1) is 5.92 Å². The number of guanidine groups is 1. The number of rotatable bonds is 9. The largest absolute Gasteiger partial charge is 0.494 e. The molecular formula is C22H31IN4O3. The zero-order valence-electron chi connectivity index (χ0n) is 17.9. The van der Waals surface area contributed by atoms with E-state index >= 15 is 0 Å². The van der Waals surface area contributed by atoms with Gasteiger partial charge in [0.05, 0.1) is 25.4 Å². The Morgan fingerprint density at radius 3 is 2.30 bits per heavy atom. The lowest BCUT2D eigenvalue weighted by atomic mass is 10.2. The van der Waals surface area contributed by atoms with Crippen LogP contribution >= 0.6 is 24.0 Å². The number of carbonyl (C=O) groups is 1. The van der Waals surface area contributed by atoms with E-state index in [2.05, 4.69) is 15.6 Å². The summed E-state index contributed by atoms with van der Waals surface area (Å²) in [5, 5.41) is 5.94. The van der Waals surface area contributed by atoms with Crippen molar-refractivity contribution in [1.29, 1.82) is 0 Å². The smallest absolute Gasteiger partial charge is 0.226 e. The summed E-state index contributed by atoms with van der Waals surface area (Å²) in [6, 6.07) is 13.1. The van der Waals surface area contributed by atoms with Crippen LogP contribution in [0.2, 0.25) is 0 Å². The summed E-state index contributed by atoms with van der Waals surface area (Å²) >= 11 is 0. The summed E-state index contributed by atoms with van der Waals surface area (Å²) in [5.74, 6) is 1.61. The van der Waals surface area contributed by atoms with Crippen molar-refractivity contribution in [2.45, 2.75) is 34.2 Å². The number of ether oxygens (including phenoxy) is 2. The average Bonchev–Trinajstić information content (AvgIpc) is 2.69. The molecule has 0 aliphatic carbocycles. The normalized spacial score (nSPS) is 10.9. The van der Waals surface area contributed by atoms with Crippen LogP contribution < -0.4 is 25.8 Å². The lowest BCUT2D eigenvalue weighted by molar-refractivity contribution is -0.118. The van der Waals surface area contributed by atoms with E-state index in [0.717, 1.165) is 17.0 Å². The third-order valence-electron chi connectivity index (χ3n) is 4.00. The lowest BCUT2D eigenvalue weighted by Crippen LogP contribution is -2.23. The Morgan fingerprint density at radius 2 is 1.70 bits per heavy atom. The van der Waals surface area contributed by atoms with Crippen LogP contribution in [0.15, 0.2) is 47.5 Å². The van der Waals surface area contributed by atoms with Gasteiger partial charge < -0.3 is 25.8 Å². The van der Waals surface area contributed by atoms with Gasteiger partial charge in [-0.25, -0.2) is 4.99 Å². The van der Waals surface area contributed by atoms with Crippen molar-refractivity contribution in [2.75, 3.05) is 23.8 Å². The summed E-state index contributed by atoms with van der Waals surface area (Å²) in [5.41, 5.74) is 8.50. The van der Waals surface area contributed by atoms with Crippen molar-refractivity contribution in [3.63, 3.8) is 0 Å². The van der Waals surface area contributed by atoms with E-state index in [1.807, 2.05) is 70.2 Å². The van der Waals surface area contributed by atoms with Crippen LogP contribution in [0.3, 0.4) is 0 Å². The number of anilines is 2. The van der Waals surface area contributed by atoms with Gasteiger partial charge in [0, 0.05) is 17.7 Å². The van der Waals surface area contributed by atoms with Gasteiger partial charge in [-0.05, 0) is 43.7 Å². The zero-order chi connectivity index (χ0) is 21.2. The maximum atomic E-state index is 11.7. The van der Waals surface area contributed by atoms with E-state index in [1.54, 1.807) is 0 Å². The van der Waals surface area contributed by atoms with Crippen molar-refractivity contribution in [3.8, 4) is 11.5 Å². The third kappa shape index (κ3) is 8.10. The van der Waals surface area contributed by atoms with E-state index in [9.17, 15) is 4.79 Å². The summed E-state index contributed by atoms with van der Waals surface area (Å²) in [4.78, 5) is 16.1. The second-order valence-electron chi connectivity index (χ2n) is 6.69. The molecule has 0 saturated carbocycles. The lowest BCUT2D eigenvalue weighted by Gasteiger charge is -2.14. The molecule has 0 heterocycles. The van der Waals surface area contributed by atoms with E-state index in [4.69, 9.17) is 15.2 Å². The zero-order valence-corrected chi connectivity index (χ0v) is 20.2. The van der Waals surface area contributed by atoms with Crippen LogP contribution in [0.4, 0.5) is 11.4 Å². The highest BCUT2D eigenvalue weighted by Crippen LogP contribution is 2.29. The van der Waals surface area contributed by atoms with Gasteiger partial charge in [-0.1, -0.05) is 26.0 Å². The van der Waals surface area contributed by atoms with Crippen LogP contribution in [0.5, 0.6) is 11.5 Å². The Bertz CT molecular complexity index is 839. The number of benzene rings is 2. The molecule has 0 aromatic heterocycles. The average molecular weight is 526 g/mol. The van der Waals surface area contributed by atoms with Crippen molar-refractivity contribution in [1.82, 2.24) is 0 Å². The Kier molecular flexibility index (Phi) is 11.0. The number of halogens is 1. The van der Waals surface area contributed by atoms with Crippen molar-refractivity contribution in [2.24, 2.45) is 16.6 Å². The molecule has 2 aromatic carbocycles. The predicted molar refractivity (Wildman–Crippen MR) is 133 cm³/mol. The minimum Gasteiger partial charge on any atom is -0.494 e. The molecule has 0 radical (unpaired) electrons. The van der Waals surface area contributed by atoms with E-state index in [1.165, 1.54) is 0 Å². The number of aliphatic imine (C=N–C) groups is 1. The topological polar surface area (TPSA) is 98.0 Å². The second-order valence-corrected chi connectivity index (χ2v) is 6.69. The number of hydrogen-bond acceptors (Lipinski definition) is 4. The van der Waals surface area contributed by atoms with Gasteiger partial charge in [0.15, 0.2) is 5.96 Å². The molecule has 0 spiro atoms. The first-order valence-electron chi connectivity index (χ1n) is 9.79. The number of nitrogens with two attached hydrogens (primary N) is 1. The monoisotopic (exact) mass is 526 g/mol. The maximum absolute atomic E-state index is 11.7. The Labute approximate surface area is 195 Å². The number of hydrogen-bond donors (Lipinski definition) is 3. The Morgan fingerprint density at radius 1 is 1.03 bits per heavy atom. The van der Waals surface area contributed by atoms with E-state index in [0.29, 0.717) is 31.2 Å². The molecule has 0 aliphatic heterocycles. The van der Waals surface area contributed by atoms with Crippen LogP contribution in [-0.4, -0.2) is 25.1 Å². The van der Waals surface area contributed by atoms with Crippen LogP contribution in [-0.2, 0) is 11.3 Å². The minimum absolute atomic E-state index is 0. The van der Waals surface area contributed by atoms with Crippen LogP contribution in [0.25, 0.3) is 0 Å². The SMILES string of the molecule is CCOc1ccc(OCC)c(NC(N)=NCc2ccc(NC(=O)C(C)C)cc2)c1.I. The number of carbonyl (C=O) groups excluding carboxylic acids is 1. The molecular weight excluding hydrogens is 495 g/mol. The highest BCUT2D eigenvalue weighted by molar-refractivity contribution is 14.0. The first kappa shape index (κ1) is 25.5. The van der Waals surface area contributed by atoms with Crippen molar-refractivity contribution >= 4 is 47.2 Å². The van der Waals surface area contributed by atoms with Crippen molar-refractivity contribution < 1.29 is 14.3 Å². The molecule has 0 fully saturated rings. The Balaban J connectivity index is 0.00000450. The molecule has 2 aromatic rings. The van der Waals surface area contributed by atoms with Gasteiger partial charge in [0.1, 0.15) is 11.5 Å². The highest BCUT2D eigenvalue weighted by Gasteiger charge is 2.08. The van der Waals surface area contributed by atoms with Gasteiger partial charge >= 0.3 is 0 Å². The predicted octanol–water partition coefficient (Wildman–Crippen LogP) is 4.62. The summed E-state index contributed by atoms with van der Waals surface area (Å²) in [7, 11) is 0. The molecule has 2 rings (SSSR count). The molecule has 0 bridgehead atoms. The first-order chi connectivity index (χ1) is 13.9. The van der Waals surface area contributed by atoms with E-state index < -0.39 is 0 Å². The number of nitrogens with zero attached hydrogens (tertiary/aromatic N) is 1. The quantitative estimate of drug-likeness (QED) is 0.252. The first-order valence-corrected chi connectivity index (χ1v) is 9.79. The van der Waals surface area contributed by atoms with Crippen molar-refractivity contribution in [3.05, 3.63) is 48.0 Å². The van der Waals surface area contributed by atoms with Gasteiger partial charge in [-0.2, -0.15) is 0 Å². The molecule has 0 saturated heterocycles. The summed E-state index contributed by atoms with van der Waals surface area (Å²) in [6.07, 6.45) is 0. The second kappa shape index (κ2) is 12.9. The van der Waals surface area contributed by atoms with Gasteiger partial charge in [-0.3, -0.25) is 4.79 Å². The number of amides is 1. The minimum atomic E-state index is -0.0621. The third-order valence-corrected chi connectivity index (χ3v) is 4.00. The highest BCUT2D eigenvalue weighted by atomic mass is 127. The van der Waals surface area contributed by atoms with Crippen LogP contribution in [0.1, 0.15) is 33.3 Å². The fourth-order valence-electron chi connectivity index (χ4n) is 2.48. The molecule has 1 amide bonds. The standard InChI is InChI=1S/C22H30N4O3.HI/c1-5-28-18-11-12-20(29-6-2)19(13-18)26-22(23)24-14-16-7-9-17(10-8-16)25-21(27)15(3)4;/h7-13,15H,5-6,14H2,1-4H3,(H,25,27)(H3,23,24,26);1H. The fourth-order valence-corrected chi connectivity index (χ4v) is 2.48. The molecule has 8 heteroatoms. The molecule has 7 nitrogen and oxygen atoms in total. The maximum Gasteiger partial charge on any atom is 0.226 e. The number of nitrogens with one attached hydrogen (secondary N) is 2. The molecule has 164 valence electrons. The molecule has 0 aliphatic rings. The molecule has 4 N–H and O–H groups in total. The van der Waals surface area contributed by atoms with E-state index in [-0.39, 0.29) is 41.8 Å².